The zero-order valence-electron chi connectivity index (χ0n) is 11.4. The van der Waals surface area contributed by atoms with Crippen LogP contribution in [-0.2, 0) is 17.9 Å². The second-order valence-electron chi connectivity index (χ2n) is 4.61. The maximum absolute atomic E-state index is 11.9. The molecule has 20 heavy (non-hydrogen) atoms. The van der Waals surface area contributed by atoms with Crippen molar-refractivity contribution in [2.45, 2.75) is 32.9 Å². The lowest BCUT2D eigenvalue weighted by molar-refractivity contribution is -0.121. The van der Waals surface area contributed by atoms with Crippen molar-refractivity contribution in [2.75, 3.05) is 6.54 Å². The van der Waals surface area contributed by atoms with Gasteiger partial charge >= 0.3 is 0 Å². The van der Waals surface area contributed by atoms with Crippen LogP contribution in [0.25, 0.3) is 11.0 Å². The molecule has 0 spiro atoms. The van der Waals surface area contributed by atoms with Crippen LogP contribution in [-0.4, -0.2) is 27.1 Å². The number of fused-ring (bicyclic) bond motifs is 1. The van der Waals surface area contributed by atoms with Crippen LogP contribution in [0.2, 0.25) is 5.02 Å². The monoisotopic (exact) mass is 295 g/mol. The van der Waals surface area contributed by atoms with E-state index in [0.29, 0.717) is 22.9 Å². The summed E-state index contributed by atoms with van der Waals surface area (Å²) in [5, 5.41) is 12.8. The van der Waals surface area contributed by atoms with Gasteiger partial charge in [0.05, 0.1) is 11.0 Å². The molecule has 0 radical (unpaired) electrons. The van der Waals surface area contributed by atoms with Gasteiger partial charge < -0.3 is 15.0 Å². The highest BCUT2D eigenvalue weighted by atomic mass is 35.5. The van der Waals surface area contributed by atoms with Crippen LogP contribution >= 0.6 is 11.6 Å². The first-order chi connectivity index (χ1) is 9.65. The largest absolute Gasteiger partial charge is 0.388 e. The van der Waals surface area contributed by atoms with Crippen LogP contribution < -0.4 is 5.32 Å². The Bertz CT molecular complexity index is 610. The Labute approximate surface area is 122 Å². The van der Waals surface area contributed by atoms with Gasteiger partial charge in [-0.25, -0.2) is 4.98 Å². The van der Waals surface area contributed by atoms with Crippen molar-refractivity contribution in [1.82, 2.24) is 14.9 Å². The Morgan fingerprint density at radius 2 is 2.30 bits per heavy atom. The molecular formula is C14H18ClN3O2. The number of carbonyl (C=O) groups excluding carboxylic acids is 1. The highest BCUT2D eigenvalue weighted by Crippen LogP contribution is 2.20. The summed E-state index contributed by atoms with van der Waals surface area (Å²) in [5.74, 6) is 0.385. The number of amides is 1. The number of nitrogens with one attached hydrogen (secondary N) is 1. The van der Waals surface area contributed by atoms with E-state index < -0.39 is 0 Å². The number of hydrogen-bond donors (Lipinski definition) is 2. The normalized spacial score (nSPS) is 10.9. The summed E-state index contributed by atoms with van der Waals surface area (Å²) in [6.45, 7) is 2.68. The van der Waals surface area contributed by atoms with Crippen LogP contribution in [0.1, 0.15) is 25.6 Å². The average Bonchev–Trinajstić information content (AvgIpc) is 2.76. The van der Waals surface area contributed by atoms with Gasteiger partial charge in [0.2, 0.25) is 5.91 Å². The lowest BCUT2D eigenvalue weighted by Crippen LogP contribution is -2.29. The molecule has 5 nitrogen and oxygen atoms in total. The van der Waals surface area contributed by atoms with Crippen molar-refractivity contribution in [3.8, 4) is 0 Å². The summed E-state index contributed by atoms with van der Waals surface area (Å²) in [4.78, 5) is 16.2. The van der Waals surface area contributed by atoms with E-state index in [2.05, 4.69) is 17.2 Å². The van der Waals surface area contributed by atoms with E-state index in [0.717, 1.165) is 18.4 Å². The topological polar surface area (TPSA) is 67.2 Å². The number of nitrogens with zero attached hydrogens (tertiary/aromatic N) is 2. The number of aliphatic hydroxyl groups is 1. The Kier molecular flexibility index (Phi) is 4.98. The first-order valence-electron chi connectivity index (χ1n) is 6.68. The first kappa shape index (κ1) is 14.8. The van der Waals surface area contributed by atoms with E-state index in [1.165, 1.54) is 0 Å². The zero-order valence-corrected chi connectivity index (χ0v) is 12.2. The summed E-state index contributed by atoms with van der Waals surface area (Å²) < 4.78 is 1.72. The molecule has 1 heterocycles. The lowest BCUT2D eigenvalue weighted by Gasteiger charge is -2.08. The van der Waals surface area contributed by atoms with Gasteiger partial charge in [0, 0.05) is 11.6 Å². The quantitative estimate of drug-likeness (QED) is 0.802. The number of halogens is 1. The van der Waals surface area contributed by atoms with Gasteiger partial charge in [0.1, 0.15) is 19.0 Å². The molecule has 1 aromatic carbocycles. The molecule has 1 amide bonds. The number of unbranched alkanes of at least 4 members (excludes halogenated alkanes) is 1. The number of imidazole rings is 1. The van der Waals surface area contributed by atoms with Crippen molar-refractivity contribution in [1.29, 1.82) is 0 Å². The summed E-state index contributed by atoms with van der Waals surface area (Å²) in [6.07, 6.45) is 1.99. The molecule has 1 aromatic heterocycles. The van der Waals surface area contributed by atoms with E-state index in [-0.39, 0.29) is 19.1 Å². The van der Waals surface area contributed by atoms with Gasteiger partial charge in [-0.05, 0) is 24.6 Å². The Hall–Kier alpha value is -1.59. The molecule has 0 unspecified atom stereocenters. The fourth-order valence-electron chi connectivity index (χ4n) is 2.05. The summed E-state index contributed by atoms with van der Waals surface area (Å²) in [7, 11) is 0. The molecule has 108 valence electrons. The minimum absolute atomic E-state index is 0.0811. The zero-order chi connectivity index (χ0) is 14.5. The SMILES string of the molecule is CCCCNC(=O)Cn1c(CO)nc2cc(Cl)ccc21. The molecular weight excluding hydrogens is 278 g/mol. The van der Waals surface area contributed by atoms with Gasteiger partial charge in [-0.1, -0.05) is 24.9 Å². The van der Waals surface area contributed by atoms with Crippen LogP contribution in [0, 0.1) is 0 Å². The van der Waals surface area contributed by atoms with Crippen molar-refractivity contribution in [3.63, 3.8) is 0 Å². The number of hydrogen-bond acceptors (Lipinski definition) is 3. The standard InChI is InChI=1S/C14H18ClN3O2/c1-2-3-6-16-14(20)8-18-12-5-4-10(15)7-11(12)17-13(18)9-19/h4-5,7,19H,2-3,6,8-9H2,1H3,(H,16,20). The Balaban J connectivity index is 2.21. The number of rotatable bonds is 6. The molecule has 2 N–H and O–H groups in total. The third-order valence-electron chi connectivity index (χ3n) is 3.08. The van der Waals surface area contributed by atoms with Crippen LogP contribution in [0.3, 0.4) is 0 Å². The molecule has 2 rings (SSSR count). The van der Waals surface area contributed by atoms with Crippen molar-refractivity contribution in [3.05, 3.63) is 29.0 Å². The molecule has 0 bridgehead atoms. The molecule has 2 aromatic rings. The number of aliphatic hydroxyl groups excluding tert-OH is 1. The molecule has 0 aliphatic carbocycles. The van der Waals surface area contributed by atoms with E-state index >= 15 is 0 Å². The van der Waals surface area contributed by atoms with E-state index in [9.17, 15) is 9.90 Å². The number of aromatic nitrogens is 2. The minimum Gasteiger partial charge on any atom is -0.388 e. The van der Waals surface area contributed by atoms with Gasteiger partial charge in [-0.15, -0.1) is 0 Å². The maximum atomic E-state index is 11.9. The molecule has 0 saturated heterocycles. The molecule has 0 aliphatic rings. The Morgan fingerprint density at radius 1 is 1.50 bits per heavy atom. The van der Waals surface area contributed by atoms with Gasteiger partial charge in [-0.2, -0.15) is 0 Å². The minimum atomic E-state index is -0.214. The molecule has 0 saturated carbocycles. The maximum Gasteiger partial charge on any atom is 0.240 e. The highest BCUT2D eigenvalue weighted by molar-refractivity contribution is 6.31. The predicted molar refractivity (Wildman–Crippen MR) is 78.6 cm³/mol. The molecule has 0 atom stereocenters. The van der Waals surface area contributed by atoms with Crippen molar-refractivity contribution in [2.24, 2.45) is 0 Å². The van der Waals surface area contributed by atoms with Crippen molar-refractivity contribution >= 4 is 28.5 Å². The second kappa shape index (κ2) is 6.72. The molecule has 0 aliphatic heterocycles. The summed E-state index contributed by atoms with van der Waals surface area (Å²) in [5.41, 5.74) is 1.48. The van der Waals surface area contributed by atoms with Crippen LogP contribution in [0.4, 0.5) is 0 Å². The van der Waals surface area contributed by atoms with Gasteiger partial charge in [0.25, 0.3) is 0 Å². The van der Waals surface area contributed by atoms with E-state index in [1.54, 1.807) is 16.7 Å². The summed E-state index contributed by atoms with van der Waals surface area (Å²) >= 11 is 5.92. The highest BCUT2D eigenvalue weighted by Gasteiger charge is 2.13. The lowest BCUT2D eigenvalue weighted by atomic mass is 10.3. The van der Waals surface area contributed by atoms with Crippen LogP contribution in [0.15, 0.2) is 18.2 Å². The Morgan fingerprint density at radius 3 is 3.00 bits per heavy atom. The van der Waals surface area contributed by atoms with Crippen LogP contribution in [0.5, 0.6) is 0 Å². The second-order valence-corrected chi connectivity index (χ2v) is 5.05. The summed E-state index contributed by atoms with van der Waals surface area (Å²) in [6, 6.07) is 5.28. The number of carbonyl (C=O) groups is 1. The fraction of sp³-hybridized carbons (Fsp3) is 0.429. The fourth-order valence-corrected chi connectivity index (χ4v) is 2.22. The van der Waals surface area contributed by atoms with Gasteiger partial charge in [-0.3, -0.25) is 4.79 Å². The first-order valence-corrected chi connectivity index (χ1v) is 7.05. The smallest absolute Gasteiger partial charge is 0.240 e. The van der Waals surface area contributed by atoms with Gasteiger partial charge in [0.15, 0.2) is 0 Å². The van der Waals surface area contributed by atoms with E-state index in [4.69, 9.17) is 11.6 Å². The molecule has 6 heteroatoms. The van der Waals surface area contributed by atoms with E-state index in [1.807, 2.05) is 6.07 Å². The average molecular weight is 296 g/mol. The third-order valence-corrected chi connectivity index (χ3v) is 3.32. The number of benzene rings is 1. The molecule has 0 fully saturated rings. The third kappa shape index (κ3) is 3.29. The van der Waals surface area contributed by atoms with Crippen molar-refractivity contribution < 1.29 is 9.90 Å². The predicted octanol–water partition coefficient (Wildman–Crippen LogP) is 2.10.